The van der Waals surface area contributed by atoms with Gasteiger partial charge in [-0.25, -0.2) is 4.98 Å². The van der Waals surface area contributed by atoms with Gasteiger partial charge in [-0.3, -0.25) is 4.57 Å². The lowest BCUT2D eigenvalue weighted by Crippen LogP contribution is -2.08. The minimum Gasteiger partial charge on any atom is -0.480 e. The van der Waals surface area contributed by atoms with Gasteiger partial charge in [0.15, 0.2) is 5.65 Å². The summed E-state index contributed by atoms with van der Waals surface area (Å²) in [6.45, 7) is 4.11. The number of oxime groups is 1. The lowest BCUT2D eigenvalue weighted by atomic mass is 10.1. The molecule has 2 rings (SSSR count). The van der Waals surface area contributed by atoms with Crippen LogP contribution in [0.3, 0.4) is 0 Å². The Kier molecular flexibility index (Phi) is 4.44. The fourth-order valence-corrected chi connectivity index (χ4v) is 2.46. The molecule has 0 spiro atoms. The molecule has 0 aliphatic heterocycles. The Hall–Kier alpha value is -1.82. The molecule has 0 fully saturated rings. The van der Waals surface area contributed by atoms with Gasteiger partial charge in [0.05, 0.1) is 11.2 Å². The lowest BCUT2D eigenvalue weighted by molar-refractivity contribution is 0.215. The molecule has 7 heteroatoms. The molecule has 6 nitrogen and oxygen atoms in total. The molecule has 0 unspecified atom stereocenters. The van der Waals surface area contributed by atoms with Crippen molar-refractivity contribution in [2.24, 2.45) is 5.16 Å². The van der Waals surface area contributed by atoms with Gasteiger partial charge >= 0.3 is 0 Å². The maximum absolute atomic E-state index is 10.1. The van der Waals surface area contributed by atoms with Crippen LogP contribution in [0.25, 0.3) is 11.2 Å². The first-order valence-electron chi connectivity index (χ1n) is 6.45. The molecule has 0 aliphatic carbocycles. The van der Waals surface area contributed by atoms with Crippen LogP contribution in [0, 0.1) is 0 Å². The number of aromatic nitrogens is 3. The summed E-state index contributed by atoms with van der Waals surface area (Å²) in [6, 6.07) is 0.0606. The van der Waals surface area contributed by atoms with Crippen molar-refractivity contribution in [3.63, 3.8) is 0 Å². The molecule has 0 atom stereocenters. The van der Waals surface area contributed by atoms with Crippen molar-refractivity contribution < 1.29 is 9.94 Å². The SMILES string of the molecule is CCC(CC)n1c(O)nc2ncc(Cl)c(/C=N/OC)c21. The van der Waals surface area contributed by atoms with E-state index in [0.717, 1.165) is 12.8 Å². The van der Waals surface area contributed by atoms with Crippen LogP contribution in [0.5, 0.6) is 6.01 Å². The van der Waals surface area contributed by atoms with E-state index in [-0.39, 0.29) is 12.1 Å². The number of rotatable bonds is 5. The molecule has 2 aromatic heterocycles. The average molecular weight is 297 g/mol. The van der Waals surface area contributed by atoms with Crippen molar-refractivity contribution in [3.8, 4) is 6.01 Å². The van der Waals surface area contributed by atoms with Gasteiger partial charge in [-0.15, -0.1) is 0 Å². The zero-order valence-corrected chi connectivity index (χ0v) is 12.4. The van der Waals surface area contributed by atoms with Crippen LogP contribution in [-0.2, 0) is 4.84 Å². The van der Waals surface area contributed by atoms with Crippen LogP contribution < -0.4 is 0 Å². The standard InChI is InChI=1S/C13H17ClN4O2/c1-4-8(5-2)18-11-9(6-16-20-3)10(14)7-15-12(11)17-13(18)19/h6-8H,4-5H2,1-3H3,(H,15,17,19)/b16-6+. The Labute approximate surface area is 122 Å². The molecule has 0 saturated carbocycles. The van der Waals surface area contributed by atoms with Crippen LogP contribution in [-0.4, -0.2) is 33.0 Å². The van der Waals surface area contributed by atoms with Crippen molar-refractivity contribution in [2.45, 2.75) is 32.7 Å². The minimum atomic E-state index is -0.0597. The van der Waals surface area contributed by atoms with Crippen LogP contribution >= 0.6 is 11.6 Å². The zero-order valence-electron chi connectivity index (χ0n) is 11.7. The highest BCUT2D eigenvalue weighted by atomic mass is 35.5. The van der Waals surface area contributed by atoms with E-state index in [4.69, 9.17) is 16.4 Å². The third kappa shape index (κ3) is 2.43. The molecule has 0 aromatic carbocycles. The van der Waals surface area contributed by atoms with Gasteiger partial charge in [0.2, 0.25) is 0 Å². The number of fused-ring (bicyclic) bond motifs is 1. The summed E-state index contributed by atoms with van der Waals surface area (Å²) in [5.74, 6) is 0. The number of hydrogen-bond acceptors (Lipinski definition) is 5. The average Bonchev–Trinajstić information content (AvgIpc) is 2.77. The highest BCUT2D eigenvalue weighted by Gasteiger charge is 2.21. The van der Waals surface area contributed by atoms with E-state index >= 15 is 0 Å². The molecule has 0 aliphatic rings. The Morgan fingerprint density at radius 2 is 2.20 bits per heavy atom. The first kappa shape index (κ1) is 14.6. The predicted octanol–water partition coefficient (Wildman–Crippen LogP) is 3.13. The highest BCUT2D eigenvalue weighted by molar-refractivity contribution is 6.34. The number of halogens is 1. The Balaban J connectivity index is 2.76. The quantitative estimate of drug-likeness (QED) is 0.679. The molecule has 0 amide bonds. The molecule has 20 heavy (non-hydrogen) atoms. The fourth-order valence-electron chi connectivity index (χ4n) is 2.28. The normalized spacial score (nSPS) is 11.8. The summed E-state index contributed by atoms with van der Waals surface area (Å²) in [4.78, 5) is 12.9. The Morgan fingerprint density at radius 1 is 1.50 bits per heavy atom. The van der Waals surface area contributed by atoms with Crippen molar-refractivity contribution in [1.82, 2.24) is 14.5 Å². The first-order valence-corrected chi connectivity index (χ1v) is 6.83. The number of aromatic hydroxyl groups is 1. The Morgan fingerprint density at radius 3 is 2.80 bits per heavy atom. The smallest absolute Gasteiger partial charge is 0.296 e. The second-order valence-electron chi connectivity index (χ2n) is 4.36. The molecule has 2 heterocycles. The number of pyridine rings is 1. The molecular formula is C13H17ClN4O2. The maximum Gasteiger partial charge on any atom is 0.296 e. The van der Waals surface area contributed by atoms with E-state index in [1.54, 1.807) is 4.57 Å². The van der Waals surface area contributed by atoms with Gasteiger partial charge < -0.3 is 9.94 Å². The first-order chi connectivity index (χ1) is 9.63. The van der Waals surface area contributed by atoms with Crippen LogP contribution in [0.1, 0.15) is 38.3 Å². The molecule has 0 bridgehead atoms. The highest BCUT2D eigenvalue weighted by Crippen LogP contribution is 2.32. The van der Waals surface area contributed by atoms with Crippen molar-refractivity contribution in [1.29, 1.82) is 0 Å². The van der Waals surface area contributed by atoms with Crippen LogP contribution in [0.2, 0.25) is 5.02 Å². The largest absolute Gasteiger partial charge is 0.480 e. The van der Waals surface area contributed by atoms with E-state index in [1.165, 1.54) is 19.5 Å². The lowest BCUT2D eigenvalue weighted by Gasteiger charge is -2.17. The predicted molar refractivity (Wildman–Crippen MR) is 78.4 cm³/mol. The second kappa shape index (κ2) is 6.09. The van der Waals surface area contributed by atoms with Crippen molar-refractivity contribution in [2.75, 3.05) is 7.11 Å². The summed E-state index contributed by atoms with van der Waals surface area (Å²) >= 11 is 6.18. The van der Waals surface area contributed by atoms with Gasteiger partial charge in [0.25, 0.3) is 6.01 Å². The molecule has 108 valence electrons. The molecule has 0 radical (unpaired) electrons. The fraction of sp³-hybridized carbons (Fsp3) is 0.462. The number of imidazole rings is 1. The number of hydrogen-bond donors (Lipinski definition) is 1. The van der Waals surface area contributed by atoms with E-state index in [1.807, 2.05) is 0 Å². The Bertz CT molecular complexity index is 635. The third-order valence-electron chi connectivity index (χ3n) is 3.28. The minimum absolute atomic E-state index is 0.0597. The van der Waals surface area contributed by atoms with E-state index in [9.17, 15) is 5.11 Å². The van der Waals surface area contributed by atoms with E-state index in [2.05, 4.69) is 29.0 Å². The van der Waals surface area contributed by atoms with E-state index < -0.39 is 0 Å². The van der Waals surface area contributed by atoms with Gasteiger partial charge in [-0.05, 0) is 12.8 Å². The summed E-state index contributed by atoms with van der Waals surface area (Å²) < 4.78 is 1.76. The van der Waals surface area contributed by atoms with Gasteiger partial charge in [-0.2, -0.15) is 4.98 Å². The summed E-state index contributed by atoms with van der Waals surface area (Å²) in [6.07, 6.45) is 4.72. The summed E-state index contributed by atoms with van der Waals surface area (Å²) in [5.41, 5.74) is 1.75. The molecule has 0 saturated heterocycles. The molecule has 1 N–H and O–H groups in total. The van der Waals surface area contributed by atoms with Crippen molar-refractivity contribution in [3.05, 3.63) is 16.8 Å². The van der Waals surface area contributed by atoms with Gasteiger partial charge in [-0.1, -0.05) is 30.6 Å². The van der Waals surface area contributed by atoms with E-state index in [0.29, 0.717) is 21.7 Å². The zero-order chi connectivity index (χ0) is 14.7. The van der Waals surface area contributed by atoms with Crippen LogP contribution in [0.15, 0.2) is 11.4 Å². The molecular weight excluding hydrogens is 280 g/mol. The second-order valence-corrected chi connectivity index (χ2v) is 4.77. The topological polar surface area (TPSA) is 72.5 Å². The monoisotopic (exact) mass is 296 g/mol. The third-order valence-corrected chi connectivity index (χ3v) is 3.58. The molecule has 2 aromatic rings. The van der Waals surface area contributed by atoms with Crippen molar-refractivity contribution >= 4 is 29.0 Å². The maximum atomic E-state index is 10.1. The van der Waals surface area contributed by atoms with Gasteiger partial charge in [0.1, 0.15) is 12.6 Å². The summed E-state index contributed by atoms with van der Waals surface area (Å²) in [7, 11) is 1.46. The summed E-state index contributed by atoms with van der Waals surface area (Å²) in [5, 5.41) is 14.3. The van der Waals surface area contributed by atoms with Crippen LogP contribution in [0.4, 0.5) is 0 Å². The number of nitrogens with zero attached hydrogens (tertiary/aromatic N) is 4. The van der Waals surface area contributed by atoms with Gasteiger partial charge in [0, 0.05) is 17.8 Å².